The number of aromatic nitrogens is 1. The highest BCUT2D eigenvalue weighted by atomic mass is 19.1. The lowest BCUT2D eigenvalue weighted by Gasteiger charge is -2.31. The number of benzene rings is 3. The van der Waals surface area contributed by atoms with Crippen molar-refractivity contribution in [1.29, 1.82) is 0 Å². The first kappa shape index (κ1) is 23.3. The minimum absolute atomic E-state index is 0.202. The summed E-state index contributed by atoms with van der Waals surface area (Å²) in [7, 11) is 0. The molecule has 6 nitrogen and oxygen atoms in total. The third kappa shape index (κ3) is 4.45. The van der Waals surface area contributed by atoms with Crippen molar-refractivity contribution in [3.05, 3.63) is 119 Å². The van der Waals surface area contributed by atoms with Gasteiger partial charge in [-0.15, -0.1) is 0 Å². The van der Waals surface area contributed by atoms with Gasteiger partial charge in [0.25, 0.3) is 0 Å². The Morgan fingerprint density at radius 1 is 0.972 bits per heavy atom. The van der Waals surface area contributed by atoms with E-state index in [1.165, 1.54) is 12.1 Å². The summed E-state index contributed by atoms with van der Waals surface area (Å²) in [4.78, 5) is 27.2. The van der Waals surface area contributed by atoms with Crippen LogP contribution in [0.4, 0.5) is 19.3 Å². The Morgan fingerprint density at radius 2 is 1.69 bits per heavy atom. The van der Waals surface area contributed by atoms with Gasteiger partial charge in [-0.3, -0.25) is 0 Å². The van der Waals surface area contributed by atoms with E-state index in [2.05, 4.69) is 5.32 Å². The van der Waals surface area contributed by atoms with Crippen LogP contribution in [0, 0.1) is 11.6 Å². The molecule has 1 N–H and O–H groups in total. The van der Waals surface area contributed by atoms with E-state index in [1.807, 2.05) is 47.2 Å². The quantitative estimate of drug-likeness (QED) is 0.356. The second-order valence-corrected chi connectivity index (χ2v) is 8.39. The van der Waals surface area contributed by atoms with Gasteiger partial charge in [-0.05, 0) is 72.6 Å². The van der Waals surface area contributed by atoms with Gasteiger partial charge in [0.15, 0.2) is 0 Å². The molecule has 2 heterocycles. The third-order valence-electron chi connectivity index (χ3n) is 6.07. The van der Waals surface area contributed by atoms with Crippen molar-refractivity contribution >= 4 is 17.7 Å². The van der Waals surface area contributed by atoms with Crippen molar-refractivity contribution in [1.82, 2.24) is 9.47 Å². The molecule has 1 aromatic heterocycles. The molecule has 0 saturated carbocycles. The number of halogens is 2. The Morgan fingerprint density at radius 3 is 2.42 bits per heavy atom. The molecule has 0 aliphatic carbocycles. The first-order valence-corrected chi connectivity index (χ1v) is 11.5. The molecule has 5 rings (SSSR count). The van der Waals surface area contributed by atoms with Crippen LogP contribution in [0.3, 0.4) is 0 Å². The highest BCUT2D eigenvalue weighted by molar-refractivity contribution is 5.92. The van der Waals surface area contributed by atoms with Gasteiger partial charge in [0.2, 0.25) is 0 Å². The fraction of sp³-hybridized carbons (Fsp3) is 0.143. The summed E-state index contributed by atoms with van der Waals surface area (Å²) in [5.74, 6) is -1.90. The highest BCUT2D eigenvalue weighted by Gasteiger charge is 2.33. The van der Waals surface area contributed by atoms with E-state index in [-0.39, 0.29) is 13.2 Å². The van der Waals surface area contributed by atoms with Gasteiger partial charge < -0.3 is 19.5 Å². The molecule has 0 bridgehead atoms. The summed E-state index contributed by atoms with van der Waals surface area (Å²) in [6, 6.07) is 19.7. The number of hydrogen-bond donors (Lipinski definition) is 1. The molecule has 0 saturated heterocycles. The van der Waals surface area contributed by atoms with Crippen molar-refractivity contribution in [3.63, 3.8) is 0 Å². The van der Waals surface area contributed by atoms with E-state index >= 15 is 0 Å². The third-order valence-corrected chi connectivity index (χ3v) is 6.07. The maximum Gasteiger partial charge on any atom is 0.338 e. The summed E-state index contributed by atoms with van der Waals surface area (Å²) >= 11 is 0. The predicted molar refractivity (Wildman–Crippen MR) is 131 cm³/mol. The van der Waals surface area contributed by atoms with Crippen molar-refractivity contribution in [2.24, 2.45) is 0 Å². The topological polar surface area (TPSA) is 63.6 Å². The largest absolute Gasteiger partial charge is 0.462 e. The molecule has 2 amide bonds. The molecular formula is C28H23F2N3O3. The van der Waals surface area contributed by atoms with E-state index in [4.69, 9.17) is 4.74 Å². The first-order chi connectivity index (χ1) is 17.4. The van der Waals surface area contributed by atoms with E-state index in [0.29, 0.717) is 22.5 Å². The highest BCUT2D eigenvalue weighted by Crippen LogP contribution is 2.37. The van der Waals surface area contributed by atoms with Crippen LogP contribution in [0.5, 0.6) is 0 Å². The predicted octanol–water partition coefficient (Wildman–Crippen LogP) is 6.07. The SMILES string of the molecule is CCOC(=O)c1ccc(NC(=O)N2Cc3ccccc3-n3cccc3[C@H]2c2cc(F)cc(F)c2)cc1. The van der Waals surface area contributed by atoms with Gasteiger partial charge in [0, 0.05) is 23.6 Å². The molecule has 8 heteroatoms. The zero-order valence-corrected chi connectivity index (χ0v) is 19.4. The number of para-hydroxylation sites is 1. The summed E-state index contributed by atoms with van der Waals surface area (Å²) in [6.07, 6.45) is 1.87. The fourth-order valence-corrected chi connectivity index (χ4v) is 4.52. The molecule has 0 fully saturated rings. The molecule has 0 unspecified atom stereocenters. The van der Waals surface area contributed by atoms with Crippen molar-refractivity contribution in [3.8, 4) is 5.69 Å². The van der Waals surface area contributed by atoms with Crippen molar-refractivity contribution < 1.29 is 23.1 Å². The Labute approximate surface area is 206 Å². The molecule has 3 aromatic carbocycles. The number of hydrogen-bond acceptors (Lipinski definition) is 3. The summed E-state index contributed by atoms with van der Waals surface area (Å²) < 4.78 is 35.5. The maximum absolute atomic E-state index is 14.3. The summed E-state index contributed by atoms with van der Waals surface area (Å²) in [5, 5.41) is 2.86. The summed E-state index contributed by atoms with van der Waals surface area (Å²) in [6.45, 7) is 2.19. The number of fused-ring (bicyclic) bond motifs is 3. The van der Waals surface area contributed by atoms with Gasteiger partial charge in [-0.1, -0.05) is 18.2 Å². The van der Waals surface area contributed by atoms with Gasteiger partial charge in [0.05, 0.1) is 30.4 Å². The van der Waals surface area contributed by atoms with Crippen LogP contribution in [0.1, 0.15) is 40.1 Å². The monoisotopic (exact) mass is 487 g/mol. The van der Waals surface area contributed by atoms with Crippen LogP contribution in [0.2, 0.25) is 0 Å². The normalized spacial score (nSPS) is 14.4. The van der Waals surface area contributed by atoms with E-state index < -0.39 is 29.7 Å². The van der Waals surface area contributed by atoms with E-state index in [0.717, 1.165) is 17.3 Å². The lowest BCUT2D eigenvalue weighted by Crippen LogP contribution is -2.38. The molecule has 182 valence electrons. The molecule has 1 atom stereocenters. The molecule has 36 heavy (non-hydrogen) atoms. The number of amides is 2. The van der Waals surface area contributed by atoms with Crippen LogP contribution in [0.15, 0.2) is 85.1 Å². The van der Waals surface area contributed by atoms with E-state index in [9.17, 15) is 18.4 Å². The lowest BCUT2D eigenvalue weighted by molar-refractivity contribution is 0.0526. The van der Waals surface area contributed by atoms with Crippen molar-refractivity contribution in [2.75, 3.05) is 11.9 Å². The van der Waals surface area contributed by atoms with Crippen LogP contribution in [-0.2, 0) is 11.3 Å². The number of esters is 1. The molecule has 1 aliphatic rings. The fourth-order valence-electron chi connectivity index (χ4n) is 4.52. The van der Waals surface area contributed by atoms with Crippen LogP contribution in [-0.4, -0.2) is 28.1 Å². The zero-order valence-electron chi connectivity index (χ0n) is 19.4. The van der Waals surface area contributed by atoms with Gasteiger partial charge in [-0.2, -0.15) is 0 Å². The minimum Gasteiger partial charge on any atom is -0.462 e. The minimum atomic E-state index is -0.767. The number of ether oxygens (including phenoxy) is 1. The van der Waals surface area contributed by atoms with Gasteiger partial charge >= 0.3 is 12.0 Å². The number of rotatable bonds is 4. The first-order valence-electron chi connectivity index (χ1n) is 11.5. The Hall–Kier alpha value is -4.46. The molecule has 1 aliphatic heterocycles. The molecular weight excluding hydrogens is 464 g/mol. The average molecular weight is 488 g/mol. The number of urea groups is 1. The number of carbonyl (C=O) groups excluding carboxylic acids is 2. The number of nitrogens with one attached hydrogen (secondary N) is 1. The Balaban J connectivity index is 1.55. The van der Waals surface area contributed by atoms with Crippen LogP contribution >= 0.6 is 0 Å². The van der Waals surface area contributed by atoms with Crippen LogP contribution in [0.25, 0.3) is 5.69 Å². The number of carbonyl (C=O) groups is 2. The Bertz CT molecular complexity index is 1410. The van der Waals surface area contributed by atoms with E-state index in [1.54, 1.807) is 36.1 Å². The van der Waals surface area contributed by atoms with Gasteiger partial charge in [0.1, 0.15) is 11.6 Å². The number of anilines is 1. The zero-order chi connectivity index (χ0) is 25.2. The van der Waals surface area contributed by atoms with Gasteiger partial charge in [-0.25, -0.2) is 18.4 Å². The smallest absolute Gasteiger partial charge is 0.338 e. The Kier molecular flexibility index (Phi) is 6.25. The lowest BCUT2D eigenvalue weighted by atomic mass is 10.0. The maximum atomic E-state index is 14.3. The molecule has 0 radical (unpaired) electrons. The summed E-state index contributed by atoms with van der Waals surface area (Å²) in [5.41, 5.74) is 3.59. The van der Waals surface area contributed by atoms with Crippen molar-refractivity contribution in [2.45, 2.75) is 19.5 Å². The standard InChI is InChI=1S/C28H23F2N3O3/c1-2-36-27(34)18-9-11-23(12-10-18)31-28(35)33-17-19-6-3-4-7-24(19)32-13-5-8-25(32)26(33)20-14-21(29)16-22(30)15-20/h3-16,26H,2,17H2,1H3,(H,31,35)/t26-/m1/s1. The second kappa shape index (κ2) is 9.65. The average Bonchev–Trinajstić information content (AvgIpc) is 3.28. The molecule has 0 spiro atoms. The number of nitrogens with zero attached hydrogens (tertiary/aromatic N) is 2. The van der Waals surface area contributed by atoms with Crippen LogP contribution < -0.4 is 5.32 Å². The second-order valence-electron chi connectivity index (χ2n) is 8.39. The molecule has 4 aromatic rings.